The second kappa shape index (κ2) is 4.37. The average molecular weight is 236 g/mol. The van der Waals surface area contributed by atoms with Crippen molar-refractivity contribution in [2.24, 2.45) is 0 Å². The molecule has 0 saturated carbocycles. The van der Waals surface area contributed by atoms with Crippen LogP contribution in [0.4, 0.5) is 5.69 Å². The van der Waals surface area contributed by atoms with E-state index < -0.39 is 0 Å². The summed E-state index contributed by atoms with van der Waals surface area (Å²) in [6.45, 7) is 0. The van der Waals surface area contributed by atoms with Crippen LogP contribution in [0.2, 0.25) is 0 Å². The summed E-state index contributed by atoms with van der Waals surface area (Å²) in [6, 6.07) is 17.6. The highest BCUT2D eigenvalue weighted by Crippen LogP contribution is 2.28. The minimum absolute atomic E-state index is 0.542. The molecule has 0 aliphatic heterocycles. The number of anilines is 1. The summed E-state index contributed by atoms with van der Waals surface area (Å²) >= 11 is 0. The molecular formula is C15H12N2O. The van der Waals surface area contributed by atoms with Gasteiger partial charge in [0.15, 0.2) is 0 Å². The summed E-state index contributed by atoms with van der Waals surface area (Å²) in [5.74, 6) is 1.34. The molecule has 0 radical (unpaired) electrons. The molecule has 2 N–H and O–H groups in total. The minimum Gasteiger partial charge on any atom is -0.438 e. The Morgan fingerprint density at radius 1 is 0.889 bits per heavy atom. The first-order valence-electron chi connectivity index (χ1n) is 5.70. The molecule has 0 aliphatic rings. The molecule has 0 unspecified atom stereocenters. The van der Waals surface area contributed by atoms with Crippen molar-refractivity contribution in [3.8, 4) is 11.6 Å². The zero-order chi connectivity index (χ0) is 12.4. The van der Waals surface area contributed by atoms with E-state index in [0.717, 1.165) is 16.5 Å². The molecule has 3 nitrogen and oxygen atoms in total. The van der Waals surface area contributed by atoms with Gasteiger partial charge < -0.3 is 10.5 Å². The van der Waals surface area contributed by atoms with Crippen LogP contribution >= 0.6 is 0 Å². The molecule has 1 aromatic heterocycles. The van der Waals surface area contributed by atoms with Gasteiger partial charge in [-0.1, -0.05) is 36.4 Å². The van der Waals surface area contributed by atoms with E-state index in [1.54, 1.807) is 18.3 Å². The highest BCUT2D eigenvalue weighted by Gasteiger charge is 2.03. The molecule has 2 aromatic carbocycles. The Morgan fingerprint density at radius 3 is 2.56 bits per heavy atom. The normalized spacial score (nSPS) is 10.4. The summed E-state index contributed by atoms with van der Waals surface area (Å²) in [7, 11) is 0. The standard InChI is InChI=1S/C15H12N2O/c16-12-8-9-15(17-10-12)18-14-7-3-5-11-4-1-2-6-13(11)14/h1-10H,16H2. The van der Waals surface area contributed by atoms with Gasteiger partial charge >= 0.3 is 0 Å². The molecule has 0 fully saturated rings. The van der Waals surface area contributed by atoms with E-state index >= 15 is 0 Å². The SMILES string of the molecule is Nc1ccc(Oc2cccc3ccccc23)nc1. The second-order valence-corrected chi connectivity index (χ2v) is 4.01. The van der Waals surface area contributed by atoms with Gasteiger partial charge in [0.1, 0.15) is 5.75 Å². The Labute approximate surface area is 105 Å². The number of hydrogen-bond donors (Lipinski definition) is 1. The number of benzene rings is 2. The Balaban J connectivity index is 2.02. The predicted molar refractivity (Wildman–Crippen MR) is 72.7 cm³/mol. The fraction of sp³-hybridized carbons (Fsp3) is 0. The Bertz CT molecular complexity index is 672. The van der Waals surface area contributed by atoms with Crippen LogP contribution in [0.25, 0.3) is 10.8 Å². The zero-order valence-corrected chi connectivity index (χ0v) is 9.71. The lowest BCUT2D eigenvalue weighted by molar-refractivity contribution is 0.468. The number of rotatable bonds is 2. The Hall–Kier alpha value is -2.55. The fourth-order valence-electron chi connectivity index (χ4n) is 1.85. The first-order valence-corrected chi connectivity index (χ1v) is 5.70. The van der Waals surface area contributed by atoms with Gasteiger partial charge in [-0.25, -0.2) is 4.98 Å². The van der Waals surface area contributed by atoms with Crippen molar-refractivity contribution in [1.82, 2.24) is 4.98 Å². The van der Waals surface area contributed by atoms with Crippen molar-refractivity contribution >= 4 is 16.5 Å². The van der Waals surface area contributed by atoms with E-state index in [0.29, 0.717) is 11.6 Å². The lowest BCUT2D eigenvalue weighted by Gasteiger charge is -2.07. The van der Waals surface area contributed by atoms with Gasteiger partial charge in [0, 0.05) is 11.5 Å². The Morgan fingerprint density at radius 2 is 1.72 bits per heavy atom. The number of pyridine rings is 1. The highest BCUT2D eigenvalue weighted by molar-refractivity contribution is 5.88. The third kappa shape index (κ3) is 1.98. The van der Waals surface area contributed by atoms with Crippen molar-refractivity contribution < 1.29 is 4.74 Å². The van der Waals surface area contributed by atoms with Crippen molar-refractivity contribution in [3.05, 3.63) is 60.8 Å². The maximum atomic E-state index is 5.78. The number of nitrogen functional groups attached to an aromatic ring is 1. The molecule has 0 aliphatic carbocycles. The van der Waals surface area contributed by atoms with Crippen LogP contribution in [0.3, 0.4) is 0 Å². The van der Waals surface area contributed by atoms with Gasteiger partial charge in [-0.15, -0.1) is 0 Å². The molecule has 1 heterocycles. The highest BCUT2D eigenvalue weighted by atomic mass is 16.5. The summed E-state index contributed by atoms with van der Waals surface area (Å²) in [4.78, 5) is 4.13. The molecule has 3 rings (SSSR count). The monoisotopic (exact) mass is 236 g/mol. The molecule has 18 heavy (non-hydrogen) atoms. The topological polar surface area (TPSA) is 48.1 Å². The average Bonchev–Trinajstić information content (AvgIpc) is 2.42. The molecular weight excluding hydrogens is 224 g/mol. The van der Waals surface area contributed by atoms with Crippen LogP contribution in [-0.2, 0) is 0 Å². The third-order valence-electron chi connectivity index (χ3n) is 2.72. The minimum atomic E-state index is 0.542. The van der Waals surface area contributed by atoms with E-state index in [1.807, 2.05) is 30.3 Å². The van der Waals surface area contributed by atoms with Gasteiger partial charge in [-0.3, -0.25) is 0 Å². The first kappa shape index (κ1) is 10.6. The van der Waals surface area contributed by atoms with Gasteiger partial charge in [-0.05, 0) is 17.5 Å². The maximum absolute atomic E-state index is 5.78. The lowest BCUT2D eigenvalue weighted by Crippen LogP contribution is -1.90. The van der Waals surface area contributed by atoms with Crippen LogP contribution in [0.1, 0.15) is 0 Å². The van der Waals surface area contributed by atoms with Crippen molar-refractivity contribution in [3.63, 3.8) is 0 Å². The van der Waals surface area contributed by atoms with Crippen LogP contribution in [0, 0.1) is 0 Å². The van der Waals surface area contributed by atoms with Gasteiger partial charge in [0.25, 0.3) is 0 Å². The maximum Gasteiger partial charge on any atom is 0.219 e. The molecule has 0 amide bonds. The van der Waals surface area contributed by atoms with Gasteiger partial charge in [0.2, 0.25) is 5.88 Å². The fourth-order valence-corrected chi connectivity index (χ4v) is 1.85. The molecule has 3 heteroatoms. The van der Waals surface area contributed by atoms with Crippen molar-refractivity contribution in [2.45, 2.75) is 0 Å². The molecule has 0 spiro atoms. The van der Waals surface area contributed by atoms with E-state index in [-0.39, 0.29) is 0 Å². The number of fused-ring (bicyclic) bond motifs is 1. The zero-order valence-electron chi connectivity index (χ0n) is 9.71. The van der Waals surface area contributed by atoms with Crippen molar-refractivity contribution in [1.29, 1.82) is 0 Å². The second-order valence-electron chi connectivity index (χ2n) is 4.01. The summed E-state index contributed by atoms with van der Waals surface area (Å²) in [5, 5.41) is 2.21. The number of nitrogens with two attached hydrogens (primary N) is 1. The summed E-state index contributed by atoms with van der Waals surface area (Å²) in [5.41, 5.74) is 6.22. The van der Waals surface area contributed by atoms with E-state index in [4.69, 9.17) is 10.5 Å². The lowest BCUT2D eigenvalue weighted by atomic mass is 10.1. The van der Waals surface area contributed by atoms with E-state index in [1.165, 1.54) is 0 Å². The van der Waals surface area contributed by atoms with E-state index in [2.05, 4.69) is 17.1 Å². The number of nitrogens with zero attached hydrogens (tertiary/aromatic N) is 1. The van der Waals surface area contributed by atoms with Crippen LogP contribution in [0.15, 0.2) is 60.8 Å². The molecule has 88 valence electrons. The molecule has 0 saturated heterocycles. The number of ether oxygens (including phenoxy) is 1. The summed E-state index contributed by atoms with van der Waals surface area (Å²) < 4.78 is 5.78. The Kier molecular flexibility index (Phi) is 2.57. The smallest absolute Gasteiger partial charge is 0.219 e. The first-order chi connectivity index (χ1) is 8.83. The molecule has 0 atom stereocenters. The molecule has 0 bridgehead atoms. The van der Waals surface area contributed by atoms with Gasteiger partial charge in [0.05, 0.1) is 11.9 Å². The van der Waals surface area contributed by atoms with Crippen LogP contribution in [0.5, 0.6) is 11.6 Å². The third-order valence-corrected chi connectivity index (χ3v) is 2.72. The summed E-state index contributed by atoms with van der Waals surface area (Å²) in [6.07, 6.45) is 1.58. The van der Waals surface area contributed by atoms with Gasteiger partial charge in [-0.2, -0.15) is 0 Å². The van der Waals surface area contributed by atoms with E-state index in [9.17, 15) is 0 Å². The van der Waals surface area contributed by atoms with Crippen LogP contribution in [-0.4, -0.2) is 4.98 Å². The van der Waals surface area contributed by atoms with Crippen LogP contribution < -0.4 is 10.5 Å². The predicted octanol–water partition coefficient (Wildman–Crippen LogP) is 3.61. The quantitative estimate of drug-likeness (QED) is 0.739. The molecule has 3 aromatic rings. The number of hydrogen-bond acceptors (Lipinski definition) is 3. The van der Waals surface area contributed by atoms with Crippen molar-refractivity contribution in [2.75, 3.05) is 5.73 Å². The largest absolute Gasteiger partial charge is 0.438 e. The number of aromatic nitrogens is 1.